The van der Waals surface area contributed by atoms with Gasteiger partial charge in [-0.2, -0.15) is 0 Å². The van der Waals surface area contributed by atoms with Gasteiger partial charge in [0.05, 0.1) is 12.1 Å². The molecule has 6 atom stereocenters. The molecule has 0 spiro atoms. The zero-order chi connectivity index (χ0) is 33.4. The number of hydrogen-bond donors (Lipinski definition) is 5. The molecule has 1 saturated heterocycles. The van der Waals surface area contributed by atoms with E-state index in [2.05, 4.69) is 26.3 Å². The van der Waals surface area contributed by atoms with Gasteiger partial charge in [-0.1, -0.05) is 32.9 Å². The molecule has 0 aliphatic carbocycles. The minimum absolute atomic E-state index is 0.0136. The summed E-state index contributed by atoms with van der Waals surface area (Å²) in [6.07, 6.45) is 2.92. The number of carbonyl (C=O) groups excluding carboxylic acids is 5. The van der Waals surface area contributed by atoms with Crippen molar-refractivity contribution >= 4 is 29.5 Å². The first-order valence-corrected chi connectivity index (χ1v) is 15.8. The first-order chi connectivity index (χ1) is 21.9. The van der Waals surface area contributed by atoms with Crippen LogP contribution in [-0.4, -0.2) is 94.0 Å². The van der Waals surface area contributed by atoms with E-state index in [1.54, 1.807) is 38.1 Å². The molecule has 3 aliphatic rings. The second-order valence-corrected chi connectivity index (χ2v) is 12.4. The number of benzene rings is 1. The molecule has 1 fully saturated rings. The molecule has 1 aromatic carbocycles. The summed E-state index contributed by atoms with van der Waals surface area (Å²) in [4.78, 5) is 72.2. The molecule has 13 heteroatoms. The Morgan fingerprint density at radius 1 is 1.02 bits per heavy atom. The summed E-state index contributed by atoms with van der Waals surface area (Å²) >= 11 is 0. The van der Waals surface area contributed by atoms with Gasteiger partial charge in [0.15, 0.2) is 0 Å². The number of fused-ring (bicyclic) bond motifs is 14. The maximum atomic E-state index is 13.7. The van der Waals surface area contributed by atoms with Crippen molar-refractivity contribution in [3.8, 4) is 5.75 Å². The topological polar surface area (TPSA) is 179 Å². The normalized spacial score (nSPS) is 26.4. The van der Waals surface area contributed by atoms with Crippen LogP contribution in [0, 0.1) is 5.92 Å². The zero-order valence-corrected chi connectivity index (χ0v) is 26.7. The predicted octanol–water partition coefficient (Wildman–Crippen LogP) is 0.707. The Bertz CT molecular complexity index is 1390. The smallest absolute Gasteiger partial charge is 0.252 e. The second kappa shape index (κ2) is 15.7. The number of rotatable bonds is 5. The summed E-state index contributed by atoms with van der Waals surface area (Å²) in [5, 5.41) is 21.6. The van der Waals surface area contributed by atoms with E-state index in [1.807, 2.05) is 13.8 Å². The molecule has 5 amide bonds. The molecular weight excluding hydrogens is 592 g/mol. The molecule has 1 aromatic heterocycles. The van der Waals surface area contributed by atoms with Crippen LogP contribution in [0.4, 0.5) is 0 Å². The number of ether oxygens (including phenoxy) is 1. The number of pyridine rings is 1. The largest absolute Gasteiger partial charge is 0.491 e. The molecule has 2 aromatic rings. The van der Waals surface area contributed by atoms with E-state index >= 15 is 0 Å². The lowest BCUT2D eigenvalue weighted by Gasteiger charge is -2.30. The maximum absolute atomic E-state index is 13.7. The molecule has 4 heterocycles. The Labute approximate surface area is 268 Å². The van der Waals surface area contributed by atoms with Crippen molar-refractivity contribution in [2.75, 3.05) is 13.2 Å². The first-order valence-electron chi connectivity index (χ1n) is 15.8. The molecule has 13 nitrogen and oxygen atoms in total. The Hall–Kier alpha value is -4.52. The van der Waals surface area contributed by atoms with E-state index < -0.39 is 59.8 Å². The fraction of sp³-hybridized carbons (Fsp3) is 0.515. The minimum Gasteiger partial charge on any atom is -0.491 e. The van der Waals surface area contributed by atoms with Crippen molar-refractivity contribution in [2.45, 2.75) is 89.7 Å². The highest BCUT2D eigenvalue weighted by Crippen LogP contribution is 2.21. The summed E-state index contributed by atoms with van der Waals surface area (Å²) in [6.45, 7) is 7.41. The monoisotopic (exact) mass is 636 g/mol. The zero-order valence-electron chi connectivity index (χ0n) is 26.7. The first kappa shape index (κ1) is 34.4. The highest BCUT2D eigenvalue weighted by atomic mass is 16.5. The van der Waals surface area contributed by atoms with Crippen LogP contribution in [-0.2, 0) is 25.6 Å². The van der Waals surface area contributed by atoms with Crippen LogP contribution in [0.1, 0.15) is 62.9 Å². The molecule has 5 N–H and O–H groups in total. The van der Waals surface area contributed by atoms with E-state index in [1.165, 1.54) is 29.4 Å². The minimum atomic E-state index is -1.05. The van der Waals surface area contributed by atoms with E-state index in [-0.39, 0.29) is 44.4 Å². The van der Waals surface area contributed by atoms with Gasteiger partial charge in [-0.25, -0.2) is 0 Å². The molecule has 5 rings (SSSR count). The van der Waals surface area contributed by atoms with Crippen molar-refractivity contribution in [2.24, 2.45) is 5.92 Å². The molecular formula is C33H44N6O7. The number of aliphatic hydroxyl groups excluding tert-OH is 1. The van der Waals surface area contributed by atoms with Crippen LogP contribution >= 0.6 is 0 Å². The molecule has 248 valence electrons. The third-order valence-corrected chi connectivity index (χ3v) is 8.12. The summed E-state index contributed by atoms with van der Waals surface area (Å²) in [5.41, 5.74) is 1.05. The van der Waals surface area contributed by atoms with Crippen molar-refractivity contribution in [3.05, 3.63) is 59.9 Å². The SMILES string of the molecule is CC[C@@H]1NC(=O)[C@@H](NC(=O)c2ccncc2)Cc2ccc(cc2)OC[C@H](CC(C)C)NC(=O)[C@@H](C)NC(=O)[C@@H]2C[C@@H](O)CN2C1=O. The molecule has 0 saturated carbocycles. The third-order valence-electron chi connectivity index (χ3n) is 8.12. The van der Waals surface area contributed by atoms with Crippen molar-refractivity contribution < 1.29 is 33.8 Å². The standard InChI is InChI=1S/C33H44N6O7/c1-5-26-33(45)39-17-24(40)16-28(39)32(44)35-20(4)29(41)36-23(14-19(2)3)18-46-25-8-6-21(7-9-25)15-27(31(43)37-26)38-30(42)22-10-12-34-13-11-22/h6-13,19-20,23-24,26-28,40H,5,14-18H2,1-4H3,(H,35,44)(H,36,41)(H,37,43)(H,38,42)/t20-,23+,24-,26+,27+,28+/m1/s1. The Kier molecular flexibility index (Phi) is 11.7. The Morgan fingerprint density at radius 3 is 2.37 bits per heavy atom. The van der Waals surface area contributed by atoms with Gasteiger partial charge in [0.2, 0.25) is 23.6 Å². The molecule has 0 unspecified atom stereocenters. The van der Waals surface area contributed by atoms with Gasteiger partial charge < -0.3 is 36.0 Å². The number of amides is 5. The van der Waals surface area contributed by atoms with Crippen LogP contribution in [0.3, 0.4) is 0 Å². The Balaban J connectivity index is 1.65. The molecule has 2 bridgehead atoms. The lowest BCUT2D eigenvalue weighted by atomic mass is 10.0. The van der Waals surface area contributed by atoms with Crippen LogP contribution in [0.2, 0.25) is 0 Å². The lowest BCUT2D eigenvalue weighted by Crippen LogP contribution is -2.58. The van der Waals surface area contributed by atoms with Gasteiger partial charge in [-0.05, 0) is 55.5 Å². The van der Waals surface area contributed by atoms with Gasteiger partial charge in [-0.15, -0.1) is 0 Å². The van der Waals surface area contributed by atoms with E-state index in [9.17, 15) is 29.1 Å². The average Bonchev–Trinajstić information content (AvgIpc) is 3.43. The fourth-order valence-electron chi connectivity index (χ4n) is 5.66. The number of nitrogens with one attached hydrogen (secondary N) is 4. The van der Waals surface area contributed by atoms with E-state index in [0.29, 0.717) is 17.7 Å². The highest BCUT2D eigenvalue weighted by Gasteiger charge is 2.42. The maximum Gasteiger partial charge on any atom is 0.252 e. The summed E-state index contributed by atoms with van der Waals surface area (Å²) in [5.74, 6) is -1.78. The number of carbonyl (C=O) groups is 5. The van der Waals surface area contributed by atoms with Gasteiger partial charge in [0, 0.05) is 37.3 Å². The number of aliphatic hydroxyl groups is 1. The van der Waals surface area contributed by atoms with Gasteiger partial charge >= 0.3 is 0 Å². The number of hydrogen-bond acceptors (Lipinski definition) is 8. The van der Waals surface area contributed by atoms with Crippen LogP contribution < -0.4 is 26.0 Å². The summed E-state index contributed by atoms with van der Waals surface area (Å²) < 4.78 is 6.01. The van der Waals surface area contributed by atoms with Gasteiger partial charge in [0.25, 0.3) is 5.91 Å². The summed E-state index contributed by atoms with van der Waals surface area (Å²) in [6, 6.07) is 5.76. The third kappa shape index (κ3) is 9.03. The van der Waals surface area contributed by atoms with Gasteiger partial charge in [0.1, 0.15) is 36.5 Å². The van der Waals surface area contributed by atoms with Crippen LogP contribution in [0.5, 0.6) is 5.75 Å². The number of nitrogens with zero attached hydrogens (tertiary/aromatic N) is 2. The summed E-state index contributed by atoms with van der Waals surface area (Å²) in [7, 11) is 0. The van der Waals surface area contributed by atoms with Crippen molar-refractivity contribution in [3.63, 3.8) is 0 Å². The van der Waals surface area contributed by atoms with Crippen molar-refractivity contribution in [1.82, 2.24) is 31.2 Å². The van der Waals surface area contributed by atoms with E-state index in [0.717, 1.165) is 5.56 Å². The fourth-order valence-corrected chi connectivity index (χ4v) is 5.66. The quantitative estimate of drug-likeness (QED) is 0.298. The second-order valence-electron chi connectivity index (χ2n) is 12.4. The predicted molar refractivity (Wildman–Crippen MR) is 168 cm³/mol. The van der Waals surface area contributed by atoms with Gasteiger partial charge in [-0.3, -0.25) is 29.0 Å². The molecule has 3 aliphatic heterocycles. The lowest BCUT2D eigenvalue weighted by molar-refractivity contribution is -0.142. The van der Waals surface area contributed by atoms with Crippen molar-refractivity contribution in [1.29, 1.82) is 0 Å². The van der Waals surface area contributed by atoms with Crippen LogP contribution in [0.15, 0.2) is 48.8 Å². The van der Waals surface area contributed by atoms with E-state index in [4.69, 9.17) is 4.74 Å². The highest BCUT2D eigenvalue weighted by molar-refractivity contribution is 5.99. The molecule has 0 radical (unpaired) electrons. The molecule has 46 heavy (non-hydrogen) atoms. The van der Waals surface area contributed by atoms with Crippen LogP contribution in [0.25, 0.3) is 0 Å². The average molecular weight is 637 g/mol. The number of aromatic nitrogens is 1. The Morgan fingerprint density at radius 2 is 1.72 bits per heavy atom.